The monoisotopic (exact) mass is 644 g/mol. The molecule has 4 aromatic rings. The van der Waals surface area contributed by atoms with E-state index in [-0.39, 0.29) is 4.90 Å². The highest BCUT2D eigenvalue weighted by Crippen LogP contribution is 2.31. The second kappa shape index (κ2) is 13.7. The van der Waals surface area contributed by atoms with Crippen LogP contribution in [-0.2, 0) is 10.0 Å². The lowest BCUT2D eigenvalue weighted by Gasteiger charge is -2.30. The molecule has 44 heavy (non-hydrogen) atoms. The Labute approximate surface area is 264 Å². The van der Waals surface area contributed by atoms with Crippen molar-refractivity contribution in [2.24, 2.45) is 0 Å². The molecule has 9 heteroatoms. The van der Waals surface area contributed by atoms with Gasteiger partial charge < -0.3 is 4.74 Å². The molecular weight excluding hydrogens is 601 g/mol. The Morgan fingerprint density at radius 3 is 2.00 bits per heavy atom. The zero-order chi connectivity index (χ0) is 32.1. The van der Waals surface area contributed by atoms with E-state index in [0.717, 1.165) is 29.3 Å². The van der Waals surface area contributed by atoms with Gasteiger partial charge in [-0.3, -0.25) is 4.98 Å². The van der Waals surface area contributed by atoms with Gasteiger partial charge in [-0.05, 0) is 66.1 Å². The number of aromatic nitrogens is 1. The summed E-state index contributed by atoms with van der Waals surface area (Å²) in [7, 11) is -7.42. The Balaban J connectivity index is 1.58. The first-order valence-electron chi connectivity index (χ1n) is 15.3. The van der Waals surface area contributed by atoms with E-state index in [0.29, 0.717) is 24.4 Å². The van der Waals surface area contributed by atoms with E-state index in [2.05, 4.69) is 62.7 Å². The van der Waals surface area contributed by atoms with E-state index >= 15 is 0 Å². The topological polar surface area (TPSA) is 76.6 Å². The van der Waals surface area contributed by atoms with Gasteiger partial charge in [0, 0.05) is 24.7 Å². The van der Waals surface area contributed by atoms with Gasteiger partial charge in [0.1, 0.15) is 13.8 Å². The van der Waals surface area contributed by atoms with Crippen LogP contribution in [0.25, 0.3) is 16.1 Å². The van der Waals surface area contributed by atoms with Crippen LogP contribution < -0.4 is 9.92 Å². The molecule has 3 aromatic carbocycles. The minimum atomic E-state index is -3.62. The highest BCUT2D eigenvalue weighted by atomic mass is 32.2. The largest absolute Gasteiger partial charge is 0.423 e. The third-order valence-corrected chi connectivity index (χ3v) is 14.5. The van der Waals surface area contributed by atoms with Crippen molar-refractivity contribution >= 4 is 53.4 Å². The number of pyridine rings is 1. The number of carbonyl (C=O) groups is 1. The molecule has 0 aliphatic rings. The number of sulfonamides is 1. The summed E-state index contributed by atoms with van der Waals surface area (Å²) in [5, 5.41) is 3.79. The zero-order valence-electron chi connectivity index (χ0n) is 26.9. The second-order valence-electron chi connectivity index (χ2n) is 12.8. The number of ether oxygens (including phenoxy) is 1. The summed E-state index contributed by atoms with van der Waals surface area (Å²) in [6.45, 7) is 16.6. The normalized spacial score (nSPS) is 13.0. The summed E-state index contributed by atoms with van der Waals surface area (Å²) < 4.78 is 33.4. The van der Waals surface area contributed by atoms with Crippen LogP contribution in [0.2, 0.25) is 32.7 Å². The van der Waals surface area contributed by atoms with Crippen molar-refractivity contribution in [1.82, 2.24) is 9.29 Å². The summed E-state index contributed by atoms with van der Waals surface area (Å²) in [4.78, 5) is 17.9. The van der Waals surface area contributed by atoms with Crippen LogP contribution in [0.3, 0.4) is 0 Å². The van der Waals surface area contributed by atoms with Crippen molar-refractivity contribution in [3.05, 3.63) is 102 Å². The molecule has 0 fully saturated rings. The average Bonchev–Trinajstić information content (AvgIpc) is 2.99. The number of carbonyl (C=O) groups excluding carboxylic acids is 1. The van der Waals surface area contributed by atoms with Gasteiger partial charge in [0.2, 0.25) is 10.0 Å². The summed E-state index contributed by atoms with van der Waals surface area (Å²) in [5.41, 5.74) is 4.97. The zero-order valence-corrected chi connectivity index (χ0v) is 29.7. The SMILES string of the molecule is CCCN(CCC)S(=O)(=O)c1ccc(C(=O)Oc2ccc(/C(=C\[Si](C)(C)C)[Si](C)(C)c3cccc4cccnc34)cc2)cc1. The minimum Gasteiger partial charge on any atom is -0.423 e. The van der Waals surface area contributed by atoms with Gasteiger partial charge in [-0.25, -0.2) is 13.2 Å². The molecule has 0 atom stereocenters. The maximum absolute atomic E-state index is 13.1. The van der Waals surface area contributed by atoms with Crippen molar-refractivity contribution in [3.63, 3.8) is 0 Å². The molecule has 0 amide bonds. The molecule has 0 saturated heterocycles. The first kappa shape index (κ1) is 33.5. The van der Waals surface area contributed by atoms with E-state index in [1.807, 2.05) is 50.4 Å². The number of hydrogen-bond donors (Lipinski definition) is 0. The summed E-state index contributed by atoms with van der Waals surface area (Å²) in [5.74, 6) is -0.0961. The highest BCUT2D eigenvalue weighted by molar-refractivity contribution is 7.89. The second-order valence-corrected chi connectivity index (χ2v) is 24.1. The van der Waals surface area contributed by atoms with Gasteiger partial charge in [0.25, 0.3) is 0 Å². The number of esters is 1. The minimum absolute atomic E-state index is 0.176. The summed E-state index contributed by atoms with van der Waals surface area (Å²) in [6, 6.07) is 24.3. The Morgan fingerprint density at radius 2 is 1.41 bits per heavy atom. The molecular formula is C35H44N2O4SSi2. The maximum Gasteiger partial charge on any atom is 0.343 e. The lowest BCUT2D eigenvalue weighted by molar-refractivity contribution is 0.0734. The lowest BCUT2D eigenvalue weighted by atomic mass is 10.2. The van der Waals surface area contributed by atoms with E-state index in [4.69, 9.17) is 9.72 Å². The Morgan fingerprint density at radius 1 is 0.818 bits per heavy atom. The molecule has 1 aromatic heterocycles. The van der Waals surface area contributed by atoms with Crippen LogP contribution in [0, 0.1) is 0 Å². The predicted octanol–water partition coefficient (Wildman–Crippen LogP) is 7.68. The van der Waals surface area contributed by atoms with Crippen LogP contribution in [-0.4, -0.2) is 52.9 Å². The Hall–Kier alpha value is -3.38. The number of hydrogen-bond acceptors (Lipinski definition) is 5. The van der Waals surface area contributed by atoms with Crippen LogP contribution in [0.5, 0.6) is 5.75 Å². The fraction of sp³-hybridized carbons (Fsp3) is 0.314. The molecule has 232 valence electrons. The van der Waals surface area contributed by atoms with E-state index in [9.17, 15) is 13.2 Å². The van der Waals surface area contributed by atoms with E-state index < -0.39 is 32.1 Å². The third kappa shape index (κ3) is 7.63. The van der Waals surface area contributed by atoms with Gasteiger partial charge >= 0.3 is 5.97 Å². The summed E-state index contributed by atoms with van der Waals surface area (Å²) >= 11 is 0. The molecule has 0 aliphatic heterocycles. The molecule has 0 bridgehead atoms. The van der Waals surface area contributed by atoms with Gasteiger partial charge in [-0.1, -0.05) is 93.9 Å². The Kier molecular flexibility index (Phi) is 10.5. The van der Waals surface area contributed by atoms with Gasteiger partial charge in [0.05, 0.1) is 24.0 Å². The van der Waals surface area contributed by atoms with Crippen LogP contribution in [0.4, 0.5) is 0 Å². The van der Waals surface area contributed by atoms with E-state index in [1.165, 1.54) is 39.0 Å². The molecule has 4 rings (SSSR count). The summed E-state index contributed by atoms with van der Waals surface area (Å²) in [6.07, 6.45) is 3.33. The number of rotatable bonds is 12. The molecule has 1 heterocycles. The van der Waals surface area contributed by atoms with Crippen molar-refractivity contribution in [2.75, 3.05) is 13.1 Å². The molecule has 0 unspecified atom stereocenters. The standard InChI is InChI=1S/C35H44N2O4SSi2/c1-8-24-37(25-9-2)42(39,40)31-21-17-29(18-22-31)35(38)41-30-19-15-27(16-20-30)33(26-43(3,4)5)44(6,7)32-14-10-12-28-13-11-23-36-34(28)32/h10-23,26H,8-9,24-25H2,1-7H3/b33-26+. The molecule has 0 saturated carbocycles. The number of fused-ring (bicyclic) bond motifs is 1. The lowest BCUT2D eigenvalue weighted by Crippen LogP contribution is -2.44. The van der Waals surface area contributed by atoms with Crippen LogP contribution in [0.1, 0.15) is 42.6 Å². The first-order valence-corrected chi connectivity index (χ1v) is 23.3. The fourth-order valence-corrected chi connectivity index (χ4v) is 13.3. The maximum atomic E-state index is 13.1. The average molecular weight is 645 g/mol. The van der Waals surface area contributed by atoms with Gasteiger partial charge in [0.15, 0.2) is 0 Å². The van der Waals surface area contributed by atoms with Gasteiger partial charge in [-0.2, -0.15) is 4.31 Å². The van der Waals surface area contributed by atoms with Crippen molar-refractivity contribution in [3.8, 4) is 5.75 Å². The van der Waals surface area contributed by atoms with E-state index in [1.54, 1.807) is 0 Å². The van der Waals surface area contributed by atoms with Crippen LogP contribution in [0.15, 0.2) is 95.7 Å². The van der Waals surface area contributed by atoms with Gasteiger partial charge in [-0.15, -0.1) is 0 Å². The number of nitrogens with zero attached hydrogens (tertiary/aromatic N) is 2. The Bertz CT molecular complexity index is 1730. The number of para-hydroxylation sites is 1. The number of benzene rings is 3. The third-order valence-electron chi connectivity index (χ3n) is 7.61. The van der Waals surface area contributed by atoms with Crippen molar-refractivity contribution < 1.29 is 17.9 Å². The predicted molar refractivity (Wildman–Crippen MR) is 187 cm³/mol. The molecule has 0 aliphatic carbocycles. The molecule has 0 N–H and O–H groups in total. The molecule has 0 spiro atoms. The molecule has 6 nitrogen and oxygen atoms in total. The van der Waals surface area contributed by atoms with Crippen LogP contribution >= 0.6 is 0 Å². The smallest absolute Gasteiger partial charge is 0.343 e. The van der Waals surface area contributed by atoms with Crippen molar-refractivity contribution in [1.29, 1.82) is 0 Å². The molecule has 0 radical (unpaired) electrons. The quantitative estimate of drug-likeness (QED) is 0.0898. The fourth-order valence-electron chi connectivity index (χ4n) is 5.44. The highest BCUT2D eigenvalue weighted by Gasteiger charge is 2.33. The van der Waals surface area contributed by atoms with Crippen molar-refractivity contribution in [2.45, 2.75) is 64.3 Å². The first-order chi connectivity index (χ1) is 20.8.